The summed E-state index contributed by atoms with van der Waals surface area (Å²) >= 11 is 2.75. The van der Waals surface area contributed by atoms with Gasteiger partial charge < -0.3 is 9.47 Å². The summed E-state index contributed by atoms with van der Waals surface area (Å²) in [5.41, 5.74) is 1.39. The fourth-order valence-corrected chi connectivity index (χ4v) is 4.50. The van der Waals surface area contributed by atoms with Gasteiger partial charge in [0.25, 0.3) is 5.56 Å². The van der Waals surface area contributed by atoms with Gasteiger partial charge in [-0.2, -0.15) is 0 Å². The van der Waals surface area contributed by atoms with Crippen LogP contribution in [-0.2, 0) is 16.0 Å². The first kappa shape index (κ1) is 17.9. The first-order valence-electron chi connectivity index (χ1n) is 7.72. The maximum Gasteiger partial charge on any atom is 0.318 e. The van der Waals surface area contributed by atoms with Crippen LogP contribution >= 0.6 is 23.5 Å². The number of hydrogen-bond acceptors (Lipinski definition) is 7. The third-order valence-corrected chi connectivity index (χ3v) is 5.95. The number of methoxy groups -OCH3 is 2. The number of carbonyl (C=O) groups is 1. The largest absolute Gasteiger partial charge is 0.497 e. The summed E-state index contributed by atoms with van der Waals surface area (Å²) in [5, 5.41) is 0.0304. The Balaban J connectivity index is 2.10. The minimum absolute atomic E-state index is 0.0998. The molecule has 1 unspecified atom stereocenters. The van der Waals surface area contributed by atoms with Crippen LogP contribution in [0.3, 0.4) is 0 Å². The average molecular weight is 378 g/mol. The summed E-state index contributed by atoms with van der Waals surface area (Å²) in [5.74, 6) is 1.20. The van der Waals surface area contributed by atoms with Crippen LogP contribution in [0.1, 0.15) is 12.6 Å². The topological polar surface area (TPSA) is 70.4 Å². The number of thioether (sulfide) groups is 2. The van der Waals surface area contributed by atoms with E-state index in [1.54, 1.807) is 42.9 Å². The van der Waals surface area contributed by atoms with Gasteiger partial charge in [-0.15, -0.1) is 11.8 Å². The number of esters is 1. The fraction of sp³-hybridized carbons (Fsp3) is 0.353. The highest BCUT2D eigenvalue weighted by atomic mass is 32.2. The number of aromatic nitrogens is 2. The summed E-state index contributed by atoms with van der Waals surface area (Å²) in [6.45, 7) is 1.74. The second-order valence-electron chi connectivity index (χ2n) is 5.39. The number of ether oxygens (including phenoxy) is 2. The normalized spacial score (nSPS) is 14.0. The zero-order valence-corrected chi connectivity index (χ0v) is 15.8. The molecule has 8 heteroatoms. The summed E-state index contributed by atoms with van der Waals surface area (Å²) in [6.07, 6.45) is 0.763. The Hall–Kier alpha value is -1.93. The Morgan fingerprint density at radius 2 is 2.04 bits per heavy atom. The van der Waals surface area contributed by atoms with Crippen molar-refractivity contribution in [2.45, 2.75) is 28.6 Å². The summed E-state index contributed by atoms with van der Waals surface area (Å²) in [6, 6.07) is 7.20. The Kier molecular flexibility index (Phi) is 5.39. The van der Waals surface area contributed by atoms with E-state index in [2.05, 4.69) is 4.98 Å². The Labute approximate surface area is 153 Å². The third kappa shape index (κ3) is 3.55. The number of carbonyl (C=O) groups excluding carboxylic acids is 1. The first-order chi connectivity index (χ1) is 12.0. The number of nitrogens with zero attached hydrogens (tertiary/aromatic N) is 2. The van der Waals surface area contributed by atoms with Gasteiger partial charge in [-0.3, -0.25) is 14.2 Å². The lowest BCUT2D eigenvalue weighted by Gasteiger charge is -2.16. The van der Waals surface area contributed by atoms with E-state index < -0.39 is 5.25 Å². The van der Waals surface area contributed by atoms with Gasteiger partial charge in [0.2, 0.25) is 0 Å². The maximum atomic E-state index is 13.0. The number of fused-ring (bicyclic) bond motifs is 1. The van der Waals surface area contributed by atoms with Crippen molar-refractivity contribution < 1.29 is 14.3 Å². The standard InChI is InChI=1S/C17H18N2O4S2/c1-10(16(21)23-3)25-17-18-13-8-9-24-14(13)15(20)19(17)11-4-6-12(22-2)7-5-11/h4-7,10H,8-9H2,1-3H3. The molecule has 0 saturated heterocycles. The lowest BCUT2D eigenvalue weighted by molar-refractivity contribution is -0.139. The molecule has 1 atom stereocenters. The van der Waals surface area contributed by atoms with Crippen molar-refractivity contribution in [3.63, 3.8) is 0 Å². The number of benzene rings is 1. The third-order valence-electron chi connectivity index (χ3n) is 3.81. The molecule has 0 aliphatic carbocycles. The first-order valence-corrected chi connectivity index (χ1v) is 9.59. The molecule has 3 rings (SSSR count). The van der Waals surface area contributed by atoms with Gasteiger partial charge in [-0.05, 0) is 31.2 Å². The lowest BCUT2D eigenvalue weighted by Crippen LogP contribution is -2.25. The Bertz CT molecular complexity index is 849. The highest BCUT2D eigenvalue weighted by Gasteiger charge is 2.25. The molecule has 0 radical (unpaired) electrons. The van der Waals surface area contributed by atoms with Crippen LogP contribution in [0.25, 0.3) is 5.69 Å². The van der Waals surface area contributed by atoms with E-state index in [4.69, 9.17) is 9.47 Å². The van der Waals surface area contributed by atoms with Crippen LogP contribution in [0.5, 0.6) is 5.75 Å². The zero-order chi connectivity index (χ0) is 18.0. The molecule has 25 heavy (non-hydrogen) atoms. The highest BCUT2D eigenvalue weighted by Crippen LogP contribution is 2.31. The Morgan fingerprint density at radius 1 is 1.32 bits per heavy atom. The molecule has 132 valence electrons. The van der Waals surface area contributed by atoms with E-state index in [0.29, 0.717) is 21.5 Å². The van der Waals surface area contributed by atoms with Crippen LogP contribution in [0.2, 0.25) is 0 Å². The second kappa shape index (κ2) is 7.53. The molecule has 0 fully saturated rings. The molecule has 2 aromatic rings. The molecule has 6 nitrogen and oxygen atoms in total. The molecule has 0 spiro atoms. The smallest absolute Gasteiger partial charge is 0.318 e. The predicted octanol–water partition coefficient (Wildman–Crippen LogP) is 2.54. The zero-order valence-electron chi connectivity index (χ0n) is 14.1. The average Bonchev–Trinajstić information content (AvgIpc) is 3.10. The van der Waals surface area contributed by atoms with Crippen LogP contribution in [0, 0.1) is 0 Å². The van der Waals surface area contributed by atoms with Crippen molar-refractivity contribution in [2.75, 3.05) is 20.0 Å². The molecule has 0 saturated carbocycles. The van der Waals surface area contributed by atoms with E-state index in [-0.39, 0.29) is 11.5 Å². The predicted molar refractivity (Wildman–Crippen MR) is 98.1 cm³/mol. The van der Waals surface area contributed by atoms with Gasteiger partial charge in [0, 0.05) is 12.2 Å². The molecule has 0 amide bonds. The van der Waals surface area contributed by atoms with Crippen molar-refractivity contribution >= 4 is 29.5 Å². The van der Waals surface area contributed by atoms with Crippen molar-refractivity contribution in [3.8, 4) is 11.4 Å². The Morgan fingerprint density at radius 3 is 2.68 bits per heavy atom. The summed E-state index contributed by atoms with van der Waals surface area (Å²) < 4.78 is 11.5. The lowest BCUT2D eigenvalue weighted by atomic mass is 10.3. The molecule has 1 aliphatic heterocycles. The molecule has 1 aromatic heterocycles. The van der Waals surface area contributed by atoms with Gasteiger partial charge in [-0.25, -0.2) is 4.98 Å². The molecular weight excluding hydrogens is 360 g/mol. The van der Waals surface area contributed by atoms with Gasteiger partial charge in [0.15, 0.2) is 5.16 Å². The van der Waals surface area contributed by atoms with Gasteiger partial charge in [0.05, 0.1) is 30.5 Å². The van der Waals surface area contributed by atoms with Crippen LogP contribution in [0.15, 0.2) is 39.1 Å². The van der Waals surface area contributed by atoms with Crippen LogP contribution in [0.4, 0.5) is 0 Å². The van der Waals surface area contributed by atoms with Crippen molar-refractivity contribution in [1.29, 1.82) is 0 Å². The van der Waals surface area contributed by atoms with Crippen molar-refractivity contribution in [2.24, 2.45) is 0 Å². The number of hydrogen-bond donors (Lipinski definition) is 0. The SMILES string of the molecule is COC(=O)C(C)Sc1nc2c(c(=O)n1-c1ccc(OC)cc1)SCC2. The van der Waals surface area contributed by atoms with Crippen LogP contribution in [-0.4, -0.2) is 40.7 Å². The maximum absolute atomic E-state index is 13.0. The van der Waals surface area contributed by atoms with Gasteiger partial charge in [-0.1, -0.05) is 11.8 Å². The molecule has 0 bridgehead atoms. The molecule has 0 N–H and O–H groups in total. The fourth-order valence-electron chi connectivity index (χ4n) is 2.50. The molecular formula is C17H18N2O4S2. The molecule has 2 heterocycles. The van der Waals surface area contributed by atoms with E-state index in [0.717, 1.165) is 17.9 Å². The highest BCUT2D eigenvalue weighted by molar-refractivity contribution is 8.00. The summed E-state index contributed by atoms with van der Waals surface area (Å²) in [7, 11) is 2.94. The van der Waals surface area contributed by atoms with Crippen LogP contribution < -0.4 is 10.3 Å². The van der Waals surface area contributed by atoms with E-state index in [1.807, 2.05) is 0 Å². The second-order valence-corrected chi connectivity index (χ2v) is 7.80. The van der Waals surface area contributed by atoms with Gasteiger partial charge >= 0.3 is 5.97 Å². The summed E-state index contributed by atoms with van der Waals surface area (Å²) in [4.78, 5) is 30.1. The number of rotatable bonds is 5. The monoisotopic (exact) mass is 378 g/mol. The number of aryl methyl sites for hydroxylation is 1. The van der Waals surface area contributed by atoms with Crippen molar-refractivity contribution in [3.05, 3.63) is 40.3 Å². The van der Waals surface area contributed by atoms with Gasteiger partial charge in [0.1, 0.15) is 11.0 Å². The minimum Gasteiger partial charge on any atom is -0.497 e. The van der Waals surface area contributed by atoms with E-state index in [9.17, 15) is 9.59 Å². The van der Waals surface area contributed by atoms with E-state index >= 15 is 0 Å². The molecule has 1 aromatic carbocycles. The minimum atomic E-state index is -0.464. The van der Waals surface area contributed by atoms with E-state index in [1.165, 1.54) is 30.6 Å². The molecule has 1 aliphatic rings. The van der Waals surface area contributed by atoms with Crippen molar-refractivity contribution in [1.82, 2.24) is 9.55 Å². The quantitative estimate of drug-likeness (QED) is 0.450.